The van der Waals surface area contributed by atoms with Crippen molar-refractivity contribution in [2.45, 2.75) is 19.3 Å². The molecule has 1 atom stereocenters. The average Bonchev–Trinajstić information content (AvgIpc) is 2.20. The molecule has 0 saturated heterocycles. The van der Waals surface area contributed by atoms with Gasteiger partial charge >= 0.3 is 0 Å². The number of rotatable bonds is 1. The molecule has 3 heteroatoms. The van der Waals surface area contributed by atoms with Gasteiger partial charge < -0.3 is 0 Å². The summed E-state index contributed by atoms with van der Waals surface area (Å²) in [4.78, 5) is 10.3. The Morgan fingerprint density at radius 2 is 2.50 bits per heavy atom. The summed E-state index contributed by atoms with van der Waals surface area (Å²) in [5, 5.41) is 10.6. The van der Waals surface area contributed by atoms with Crippen LogP contribution in [0.2, 0.25) is 0 Å². The fourth-order valence-electron chi connectivity index (χ4n) is 1.74. The van der Waals surface area contributed by atoms with Crippen molar-refractivity contribution >= 4 is 5.69 Å². The van der Waals surface area contributed by atoms with Gasteiger partial charge in [0.2, 0.25) is 0 Å². The first-order valence-corrected chi connectivity index (χ1v) is 3.88. The molecule has 1 aromatic rings. The monoisotopic (exact) mass is 162 g/mol. The molecule has 0 amide bonds. The highest BCUT2D eigenvalue weighted by atomic mass is 16.6. The maximum absolute atomic E-state index is 10.6. The van der Waals surface area contributed by atoms with Crippen molar-refractivity contribution in [1.29, 1.82) is 0 Å². The number of nitro groups is 1. The highest BCUT2D eigenvalue weighted by Gasteiger charge is 2.30. The summed E-state index contributed by atoms with van der Waals surface area (Å²) in [7, 11) is 0. The molecular formula is C9H8NO2. The van der Waals surface area contributed by atoms with Crippen molar-refractivity contribution in [3.63, 3.8) is 0 Å². The predicted octanol–water partition coefficient (Wildman–Crippen LogP) is 2.05. The molecule has 0 saturated carbocycles. The van der Waals surface area contributed by atoms with E-state index in [1.165, 1.54) is 0 Å². The van der Waals surface area contributed by atoms with E-state index in [2.05, 4.69) is 6.07 Å². The number of hydrogen-bond acceptors (Lipinski definition) is 2. The molecule has 12 heavy (non-hydrogen) atoms. The van der Waals surface area contributed by atoms with Crippen LogP contribution in [0.4, 0.5) is 5.69 Å². The third-order valence-corrected chi connectivity index (χ3v) is 2.30. The number of hydrogen-bond donors (Lipinski definition) is 0. The van der Waals surface area contributed by atoms with Crippen LogP contribution in [0.15, 0.2) is 12.1 Å². The van der Waals surface area contributed by atoms with E-state index in [9.17, 15) is 10.1 Å². The molecular weight excluding hydrogens is 154 g/mol. The minimum Gasteiger partial charge on any atom is -0.258 e. The number of fused-ring (bicyclic) bond motifs is 2. The van der Waals surface area contributed by atoms with Gasteiger partial charge in [-0.25, -0.2) is 0 Å². The molecule has 0 heterocycles. The molecule has 0 fully saturated rings. The Morgan fingerprint density at radius 3 is 3.00 bits per heavy atom. The largest absolute Gasteiger partial charge is 0.276 e. The lowest BCUT2D eigenvalue weighted by Gasteiger charge is -1.97. The average molecular weight is 162 g/mol. The molecule has 1 aliphatic carbocycles. The van der Waals surface area contributed by atoms with Gasteiger partial charge in [0.15, 0.2) is 0 Å². The first-order valence-electron chi connectivity index (χ1n) is 3.88. The minimum absolute atomic E-state index is 0.282. The number of nitro benzene ring substituents is 1. The Balaban J connectivity index is 2.64. The molecule has 1 unspecified atom stereocenters. The molecule has 2 bridgehead atoms. The second kappa shape index (κ2) is 2.30. The van der Waals surface area contributed by atoms with Gasteiger partial charge in [0.25, 0.3) is 5.69 Å². The minimum atomic E-state index is -0.301. The van der Waals surface area contributed by atoms with Crippen LogP contribution in [0.1, 0.15) is 24.0 Å². The zero-order valence-electron chi connectivity index (χ0n) is 6.70. The highest BCUT2D eigenvalue weighted by molar-refractivity contribution is 5.54. The van der Waals surface area contributed by atoms with Crippen LogP contribution in [0.5, 0.6) is 0 Å². The maximum Gasteiger partial charge on any atom is 0.276 e. The Hall–Kier alpha value is -1.38. The molecule has 0 aromatic heterocycles. The van der Waals surface area contributed by atoms with Gasteiger partial charge in [-0.1, -0.05) is 19.1 Å². The molecule has 0 N–H and O–H groups in total. The second-order valence-corrected chi connectivity index (χ2v) is 3.12. The van der Waals surface area contributed by atoms with E-state index < -0.39 is 0 Å². The van der Waals surface area contributed by atoms with Crippen LogP contribution in [-0.4, -0.2) is 4.92 Å². The Kier molecular flexibility index (Phi) is 1.40. The predicted molar refractivity (Wildman–Crippen MR) is 44.1 cm³/mol. The van der Waals surface area contributed by atoms with Gasteiger partial charge in [-0.2, -0.15) is 0 Å². The van der Waals surface area contributed by atoms with Crippen molar-refractivity contribution in [2.75, 3.05) is 0 Å². The fourth-order valence-corrected chi connectivity index (χ4v) is 1.74. The molecule has 2 rings (SSSR count). The van der Waals surface area contributed by atoms with Crippen LogP contribution in [0.25, 0.3) is 0 Å². The van der Waals surface area contributed by atoms with Crippen molar-refractivity contribution in [2.24, 2.45) is 0 Å². The van der Waals surface area contributed by atoms with Crippen molar-refractivity contribution in [3.8, 4) is 0 Å². The van der Waals surface area contributed by atoms with E-state index in [0.717, 1.165) is 17.5 Å². The quantitative estimate of drug-likeness (QED) is 0.468. The van der Waals surface area contributed by atoms with Crippen LogP contribution >= 0.6 is 0 Å². The first-order chi connectivity index (χ1) is 5.70. The van der Waals surface area contributed by atoms with Crippen LogP contribution < -0.4 is 0 Å². The summed E-state index contributed by atoms with van der Waals surface area (Å²) in [5.41, 5.74) is 1.89. The molecule has 1 radical (unpaired) electrons. The van der Waals surface area contributed by atoms with Gasteiger partial charge in [-0.15, -0.1) is 0 Å². The van der Waals surface area contributed by atoms with Gasteiger partial charge in [0, 0.05) is 11.1 Å². The summed E-state index contributed by atoms with van der Waals surface area (Å²) in [5.74, 6) is 0.284. The van der Waals surface area contributed by atoms with E-state index in [-0.39, 0.29) is 16.5 Å². The Morgan fingerprint density at radius 1 is 1.75 bits per heavy atom. The zero-order chi connectivity index (χ0) is 8.72. The summed E-state index contributed by atoms with van der Waals surface area (Å²) < 4.78 is 0. The number of nitrogens with zero attached hydrogens (tertiary/aromatic N) is 1. The van der Waals surface area contributed by atoms with Crippen LogP contribution in [0, 0.1) is 16.2 Å². The van der Waals surface area contributed by atoms with Crippen molar-refractivity contribution in [3.05, 3.63) is 39.4 Å². The van der Waals surface area contributed by atoms with Crippen molar-refractivity contribution in [1.82, 2.24) is 0 Å². The zero-order valence-corrected chi connectivity index (χ0v) is 6.70. The maximum atomic E-state index is 10.6. The van der Waals surface area contributed by atoms with Gasteiger partial charge in [-0.05, 0) is 18.4 Å². The standard InChI is InChI=1S/C9H8NO2/c1-6-5-7-3-2-4-8(6)9(7)10(11)12/h2,4,6H,5H2,1H3. The van der Waals surface area contributed by atoms with Crippen LogP contribution in [-0.2, 0) is 6.42 Å². The third kappa shape index (κ3) is 0.826. The van der Waals surface area contributed by atoms with Crippen LogP contribution in [0.3, 0.4) is 0 Å². The SMILES string of the molecule is CC1Cc2[c]ccc1c2[N+](=O)[O-]. The highest BCUT2D eigenvalue weighted by Crippen LogP contribution is 2.39. The van der Waals surface area contributed by atoms with E-state index >= 15 is 0 Å². The molecule has 61 valence electrons. The molecule has 1 aliphatic rings. The van der Waals surface area contributed by atoms with E-state index in [1.54, 1.807) is 12.1 Å². The summed E-state index contributed by atoms with van der Waals surface area (Å²) in [6.45, 7) is 2.00. The normalized spacial score (nSPS) is 19.6. The smallest absolute Gasteiger partial charge is 0.258 e. The van der Waals surface area contributed by atoms with Crippen molar-refractivity contribution < 1.29 is 4.92 Å². The molecule has 1 aromatic carbocycles. The second-order valence-electron chi connectivity index (χ2n) is 3.12. The Bertz CT molecular complexity index is 346. The Labute approximate surface area is 70.2 Å². The molecule has 0 aliphatic heterocycles. The summed E-state index contributed by atoms with van der Waals surface area (Å²) >= 11 is 0. The van der Waals surface area contributed by atoms with Gasteiger partial charge in [0.05, 0.1) is 4.92 Å². The van der Waals surface area contributed by atoms with E-state index in [0.29, 0.717) is 0 Å². The molecule has 0 spiro atoms. The lowest BCUT2D eigenvalue weighted by atomic mass is 10.1. The van der Waals surface area contributed by atoms with E-state index in [4.69, 9.17) is 0 Å². The fraction of sp³-hybridized carbons (Fsp3) is 0.333. The first kappa shape index (κ1) is 7.28. The number of benzene rings is 1. The lowest BCUT2D eigenvalue weighted by molar-refractivity contribution is -0.385. The van der Waals surface area contributed by atoms with E-state index in [1.807, 2.05) is 6.92 Å². The summed E-state index contributed by atoms with van der Waals surface area (Å²) in [6.07, 6.45) is 0.763. The van der Waals surface area contributed by atoms with Gasteiger partial charge in [0.1, 0.15) is 0 Å². The third-order valence-electron chi connectivity index (χ3n) is 2.30. The topological polar surface area (TPSA) is 43.1 Å². The molecule has 3 nitrogen and oxygen atoms in total. The van der Waals surface area contributed by atoms with Gasteiger partial charge in [-0.3, -0.25) is 10.1 Å². The summed E-state index contributed by atoms with van der Waals surface area (Å²) in [6, 6.07) is 6.46. The lowest BCUT2D eigenvalue weighted by Crippen LogP contribution is -1.91.